The molecule has 1 heteroatoms. The fourth-order valence-electron chi connectivity index (χ4n) is 2.64. The molecule has 0 aromatic rings. The molecule has 1 nitrogen and oxygen atoms in total. The van der Waals surface area contributed by atoms with Crippen LogP contribution in [0.25, 0.3) is 0 Å². The molecule has 1 fully saturated rings. The molecule has 1 aliphatic rings. The lowest BCUT2D eigenvalue weighted by molar-refractivity contribution is 0.298. The summed E-state index contributed by atoms with van der Waals surface area (Å²) in [4.78, 5) is 0. The van der Waals surface area contributed by atoms with Crippen molar-refractivity contribution in [1.29, 1.82) is 0 Å². The average Bonchev–Trinajstić information content (AvgIpc) is 2.54. The van der Waals surface area contributed by atoms with Crippen molar-refractivity contribution in [2.45, 2.75) is 45.1 Å². The molecule has 1 saturated carbocycles. The van der Waals surface area contributed by atoms with Crippen LogP contribution in [0.5, 0.6) is 0 Å². The molecule has 1 aliphatic carbocycles. The number of allylic oxidation sites excluding steroid dienone is 1. The van der Waals surface area contributed by atoms with Gasteiger partial charge in [0.05, 0.1) is 0 Å². The fraction of sp³-hybridized carbons (Fsp3) is 0.833. The summed E-state index contributed by atoms with van der Waals surface area (Å²) in [7, 11) is 2.10. The van der Waals surface area contributed by atoms with Gasteiger partial charge in [0.1, 0.15) is 0 Å². The second kappa shape index (κ2) is 5.43. The van der Waals surface area contributed by atoms with Gasteiger partial charge in [-0.1, -0.05) is 25.8 Å². The number of rotatable bonds is 5. The first-order valence-corrected chi connectivity index (χ1v) is 5.57. The van der Waals surface area contributed by atoms with Crippen molar-refractivity contribution in [3.63, 3.8) is 0 Å². The number of hydrogen-bond acceptors (Lipinski definition) is 1. The van der Waals surface area contributed by atoms with Gasteiger partial charge in [-0.15, -0.1) is 6.58 Å². The molecule has 0 aromatic carbocycles. The highest BCUT2D eigenvalue weighted by molar-refractivity contribution is 4.85. The molecular formula is C12H23N. The van der Waals surface area contributed by atoms with Crippen LogP contribution >= 0.6 is 0 Å². The van der Waals surface area contributed by atoms with E-state index in [9.17, 15) is 0 Å². The van der Waals surface area contributed by atoms with Crippen LogP contribution in [0.4, 0.5) is 0 Å². The Morgan fingerprint density at radius 3 is 2.77 bits per heavy atom. The van der Waals surface area contributed by atoms with Gasteiger partial charge < -0.3 is 5.32 Å². The molecule has 0 aromatic heterocycles. The van der Waals surface area contributed by atoms with Crippen molar-refractivity contribution in [3.8, 4) is 0 Å². The van der Waals surface area contributed by atoms with Crippen molar-refractivity contribution in [3.05, 3.63) is 12.7 Å². The van der Waals surface area contributed by atoms with Crippen LogP contribution in [-0.4, -0.2) is 13.1 Å². The van der Waals surface area contributed by atoms with E-state index in [0.29, 0.717) is 0 Å². The molecule has 0 heterocycles. The Morgan fingerprint density at radius 2 is 2.31 bits per heavy atom. The van der Waals surface area contributed by atoms with E-state index in [0.717, 1.165) is 24.3 Å². The Hall–Kier alpha value is -0.300. The van der Waals surface area contributed by atoms with Gasteiger partial charge in [0, 0.05) is 6.04 Å². The molecule has 76 valence electrons. The SMILES string of the molecule is C=CCCC(NC)C1CCCC1C. The van der Waals surface area contributed by atoms with Crippen molar-refractivity contribution >= 4 is 0 Å². The maximum absolute atomic E-state index is 3.78. The molecule has 0 aliphatic heterocycles. The molecule has 0 amide bonds. The Morgan fingerprint density at radius 1 is 1.54 bits per heavy atom. The van der Waals surface area contributed by atoms with Gasteiger partial charge in [0.25, 0.3) is 0 Å². The van der Waals surface area contributed by atoms with E-state index in [1.807, 2.05) is 6.08 Å². The van der Waals surface area contributed by atoms with Crippen LogP contribution in [0.2, 0.25) is 0 Å². The largest absolute Gasteiger partial charge is 0.317 e. The molecule has 3 atom stereocenters. The normalized spacial score (nSPS) is 30.3. The third kappa shape index (κ3) is 2.84. The highest BCUT2D eigenvalue weighted by Gasteiger charge is 2.29. The quantitative estimate of drug-likeness (QED) is 0.643. The molecule has 13 heavy (non-hydrogen) atoms. The first-order valence-electron chi connectivity index (χ1n) is 5.57. The van der Waals surface area contributed by atoms with E-state index in [-0.39, 0.29) is 0 Å². The summed E-state index contributed by atoms with van der Waals surface area (Å²) in [5, 5.41) is 3.46. The second-order valence-electron chi connectivity index (χ2n) is 4.33. The Bertz CT molecular complexity index is 153. The zero-order chi connectivity index (χ0) is 9.68. The van der Waals surface area contributed by atoms with Crippen molar-refractivity contribution in [1.82, 2.24) is 5.32 Å². The maximum Gasteiger partial charge on any atom is 0.00978 e. The minimum atomic E-state index is 0.718. The predicted molar refractivity (Wildman–Crippen MR) is 58.8 cm³/mol. The third-order valence-electron chi connectivity index (χ3n) is 3.50. The minimum absolute atomic E-state index is 0.718. The van der Waals surface area contributed by atoms with Crippen molar-refractivity contribution in [2.24, 2.45) is 11.8 Å². The fourth-order valence-corrected chi connectivity index (χ4v) is 2.64. The van der Waals surface area contributed by atoms with E-state index in [2.05, 4.69) is 25.9 Å². The van der Waals surface area contributed by atoms with Gasteiger partial charge in [-0.3, -0.25) is 0 Å². The van der Waals surface area contributed by atoms with E-state index >= 15 is 0 Å². The highest BCUT2D eigenvalue weighted by Crippen LogP contribution is 2.34. The standard InChI is InChI=1S/C12H23N/c1-4-5-9-12(13-3)11-8-6-7-10(11)2/h4,10-13H,1,5-9H2,2-3H3. The third-order valence-corrected chi connectivity index (χ3v) is 3.50. The maximum atomic E-state index is 3.78. The van der Waals surface area contributed by atoms with Gasteiger partial charge >= 0.3 is 0 Å². The Labute approximate surface area is 82.6 Å². The molecule has 0 radical (unpaired) electrons. The van der Waals surface area contributed by atoms with Crippen LogP contribution in [-0.2, 0) is 0 Å². The number of hydrogen-bond donors (Lipinski definition) is 1. The van der Waals surface area contributed by atoms with Crippen LogP contribution in [0.1, 0.15) is 39.0 Å². The zero-order valence-electron chi connectivity index (χ0n) is 9.05. The van der Waals surface area contributed by atoms with Crippen molar-refractivity contribution in [2.75, 3.05) is 7.05 Å². The van der Waals surface area contributed by atoms with Crippen LogP contribution < -0.4 is 5.32 Å². The summed E-state index contributed by atoms with van der Waals surface area (Å²) in [6.07, 6.45) is 8.71. The first kappa shape index (κ1) is 10.8. The summed E-state index contributed by atoms with van der Waals surface area (Å²) in [5.41, 5.74) is 0. The molecular weight excluding hydrogens is 158 g/mol. The Kier molecular flexibility index (Phi) is 4.51. The van der Waals surface area contributed by atoms with E-state index in [4.69, 9.17) is 0 Å². The smallest absolute Gasteiger partial charge is 0.00978 e. The summed E-state index contributed by atoms with van der Waals surface area (Å²) < 4.78 is 0. The van der Waals surface area contributed by atoms with Crippen LogP contribution in [0, 0.1) is 11.8 Å². The summed E-state index contributed by atoms with van der Waals surface area (Å²) >= 11 is 0. The average molecular weight is 181 g/mol. The van der Waals surface area contributed by atoms with Gasteiger partial charge in [-0.2, -0.15) is 0 Å². The lowest BCUT2D eigenvalue weighted by Crippen LogP contribution is -2.34. The predicted octanol–water partition coefficient (Wildman–Crippen LogP) is 2.98. The molecule has 0 saturated heterocycles. The first-order chi connectivity index (χ1) is 6.29. The lowest BCUT2D eigenvalue weighted by Gasteiger charge is -2.26. The zero-order valence-corrected chi connectivity index (χ0v) is 9.05. The lowest BCUT2D eigenvalue weighted by atomic mass is 9.88. The highest BCUT2D eigenvalue weighted by atomic mass is 14.9. The van der Waals surface area contributed by atoms with E-state index in [1.54, 1.807) is 0 Å². The molecule has 1 N–H and O–H groups in total. The van der Waals surface area contributed by atoms with Gasteiger partial charge in [0.15, 0.2) is 0 Å². The topological polar surface area (TPSA) is 12.0 Å². The summed E-state index contributed by atoms with van der Waals surface area (Å²) in [5.74, 6) is 1.83. The molecule has 3 unspecified atom stereocenters. The summed E-state index contributed by atoms with van der Waals surface area (Å²) in [6.45, 7) is 6.18. The monoisotopic (exact) mass is 181 g/mol. The van der Waals surface area contributed by atoms with Crippen molar-refractivity contribution < 1.29 is 0 Å². The van der Waals surface area contributed by atoms with E-state index < -0.39 is 0 Å². The minimum Gasteiger partial charge on any atom is -0.317 e. The molecule has 0 spiro atoms. The van der Waals surface area contributed by atoms with Gasteiger partial charge in [-0.05, 0) is 38.1 Å². The van der Waals surface area contributed by atoms with Gasteiger partial charge in [-0.25, -0.2) is 0 Å². The van der Waals surface area contributed by atoms with Crippen LogP contribution in [0.15, 0.2) is 12.7 Å². The second-order valence-corrected chi connectivity index (χ2v) is 4.33. The molecule has 1 rings (SSSR count). The number of nitrogens with one attached hydrogen (secondary N) is 1. The molecule has 0 bridgehead atoms. The van der Waals surface area contributed by atoms with Gasteiger partial charge in [0.2, 0.25) is 0 Å². The van der Waals surface area contributed by atoms with E-state index in [1.165, 1.54) is 25.7 Å². The van der Waals surface area contributed by atoms with Crippen LogP contribution in [0.3, 0.4) is 0 Å². The summed E-state index contributed by atoms with van der Waals surface area (Å²) in [6, 6.07) is 0.718. The Balaban J connectivity index is 2.39.